The predicted octanol–water partition coefficient (Wildman–Crippen LogP) is -7.37. The van der Waals surface area contributed by atoms with Gasteiger partial charge in [-0.15, -0.1) is 0 Å². The minimum absolute atomic E-state index is 0.00700. The minimum Gasteiger partial charge on any atom is -0.508 e. The molecule has 2 heterocycles. The molecule has 0 aliphatic carbocycles. The summed E-state index contributed by atoms with van der Waals surface area (Å²) in [5, 5.41) is 98.0. The van der Waals surface area contributed by atoms with E-state index in [1.807, 2.05) is 20.8 Å². The van der Waals surface area contributed by atoms with Gasteiger partial charge in [-0.25, -0.2) is 9.79 Å². The van der Waals surface area contributed by atoms with Crippen molar-refractivity contribution in [2.75, 3.05) is 50.9 Å². The van der Waals surface area contributed by atoms with E-state index >= 15 is 0 Å². The summed E-state index contributed by atoms with van der Waals surface area (Å²) in [5.41, 5.74) is 25.1. The number of amides is 15. The number of primary amides is 1. The standard InChI is InChI=1S/C79H123N23O22S2/c1-9-40(6)63-64(42(8)89-79(84)86-28-14-18-56(73(119)101-63)102-41(7)29-46(80)76(102)122)99-61(38(2)3)74(120)94-49(23-25-57(81)106)68(114)98-55(37-126)72(118)92-47(17-13-27-85-78(82)83)67(113)96-53(35-104)71(117)100-62(39(4)5)75(121)93-48(24-26-60(109)110)65(111)87-33-59(108)91-52(34-103)70(116)97-54(36-125)66(112)88-32-58(107)90-50(30-43-15-11-10-12-16-43)69(115)95-51(77(123)124)31-44-19-21-45(105)22-20-44/h10-12,15-16,19-22,38-41,46-56,61-63,99,103-105,125-126H,9,13-14,17-18,23-37,80H2,1-8H3,(H2,81,106)(H,87,111)(H,88,112)(H,90,107)(H,91,108)(H,92,118)(H,93,121)(H,94,120)(H,95,115)(H,96,113)(H,97,116)(H,98,114)(H,100,117)(H,101,119)(H,109,110)(H,123,124)(H4,82,83,85)(H3,84,86,89)/t40-,41?,46-,47-,48-,49-,50-,51-,52?,53-,54-,55-,56-,61-,62-,63-/m0/s1. The number of aliphatic hydroxyl groups excluding tert-OH is 2. The summed E-state index contributed by atoms with van der Waals surface area (Å²) in [7, 11) is 0. The van der Waals surface area contributed by atoms with Gasteiger partial charge in [-0.05, 0) is 99.8 Å². The number of aliphatic carboxylic acids is 2. The highest BCUT2D eigenvalue weighted by Gasteiger charge is 2.44. The van der Waals surface area contributed by atoms with Crippen molar-refractivity contribution >= 4 is 138 Å². The maximum atomic E-state index is 14.8. The third-order valence-corrected chi connectivity index (χ3v) is 21.2. The molecular weight excluding hydrogens is 1690 g/mol. The smallest absolute Gasteiger partial charge is 0.326 e. The minimum atomic E-state index is -1.92. The Balaban J connectivity index is 1.46. The molecule has 16 atom stereocenters. The highest BCUT2D eigenvalue weighted by Crippen LogP contribution is 2.27. The maximum absolute atomic E-state index is 14.8. The van der Waals surface area contributed by atoms with E-state index in [-0.39, 0.29) is 86.2 Å². The second kappa shape index (κ2) is 53.3. The van der Waals surface area contributed by atoms with Crippen molar-refractivity contribution in [1.29, 1.82) is 5.41 Å². The fourth-order valence-electron chi connectivity index (χ4n) is 13.3. The lowest BCUT2D eigenvalue weighted by molar-refractivity contribution is -0.142. The van der Waals surface area contributed by atoms with Gasteiger partial charge in [0.15, 0.2) is 11.9 Å². The van der Waals surface area contributed by atoms with Crippen LogP contribution in [-0.4, -0.2) is 284 Å². The van der Waals surface area contributed by atoms with Crippen molar-refractivity contribution < 1.29 is 107 Å². The van der Waals surface area contributed by atoms with Crippen molar-refractivity contribution in [3.63, 3.8) is 0 Å². The molecule has 2 aromatic carbocycles. The summed E-state index contributed by atoms with van der Waals surface area (Å²) in [5.74, 6) is -20.7. The normalized spacial score (nSPS) is 18.2. The van der Waals surface area contributed by atoms with Gasteiger partial charge >= 0.3 is 11.9 Å². The number of carboxylic acids is 2. The molecule has 1 saturated heterocycles. The Hall–Kier alpha value is -12.1. The Morgan fingerprint density at radius 2 is 1.05 bits per heavy atom. The number of benzene rings is 2. The Labute approximate surface area is 739 Å². The Morgan fingerprint density at radius 3 is 1.57 bits per heavy atom. The summed E-state index contributed by atoms with van der Waals surface area (Å²) in [4.78, 5) is 237. The van der Waals surface area contributed by atoms with Gasteiger partial charge in [0.05, 0.1) is 49.8 Å². The fraction of sp³-hybridized carbons (Fsp3) is 0.582. The van der Waals surface area contributed by atoms with Crippen molar-refractivity contribution in [3.8, 4) is 5.75 Å². The van der Waals surface area contributed by atoms with E-state index in [1.54, 1.807) is 51.1 Å². The van der Waals surface area contributed by atoms with Gasteiger partial charge in [0, 0.05) is 56.3 Å². The van der Waals surface area contributed by atoms with Crippen LogP contribution in [0.4, 0.5) is 0 Å². The van der Waals surface area contributed by atoms with Crippen LogP contribution in [-0.2, 0) is 94.3 Å². The van der Waals surface area contributed by atoms with Crippen LogP contribution in [0.2, 0.25) is 0 Å². The summed E-state index contributed by atoms with van der Waals surface area (Å²) >= 11 is 8.40. The number of carbonyl (C=O) groups is 17. The summed E-state index contributed by atoms with van der Waals surface area (Å²) < 4.78 is 0. The molecule has 698 valence electrons. The first kappa shape index (κ1) is 106. The largest absolute Gasteiger partial charge is 0.508 e. The van der Waals surface area contributed by atoms with Crippen molar-refractivity contribution in [2.45, 2.75) is 223 Å². The lowest BCUT2D eigenvalue weighted by Gasteiger charge is -2.36. The van der Waals surface area contributed by atoms with E-state index in [4.69, 9.17) is 28.3 Å². The zero-order valence-corrected chi connectivity index (χ0v) is 73.3. The van der Waals surface area contributed by atoms with E-state index in [0.717, 1.165) is 0 Å². The van der Waals surface area contributed by atoms with Gasteiger partial charge in [-0.2, -0.15) is 25.3 Å². The van der Waals surface area contributed by atoms with Crippen molar-refractivity contribution in [1.82, 2.24) is 90.0 Å². The summed E-state index contributed by atoms with van der Waals surface area (Å²) in [6.45, 7) is 9.54. The third-order valence-electron chi connectivity index (χ3n) is 20.5. The lowest BCUT2D eigenvalue weighted by Crippen LogP contribution is -2.61. The number of thiol groups is 2. The molecule has 1 fully saturated rings. The first-order valence-corrected chi connectivity index (χ1v) is 42.3. The molecule has 30 N–H and O–H groups in total. The Kier molecular flexibility index (Phi) is 44.9. The molecular formula is C79H123N23O22S2. The molecule has 15 amide bonds. The van der Waals surface area contributed by atoms with Crippen molar-refractivity contribution in [3.05, 3.63) is 77.1 Å². The molecule has 0 bridgehead atoms. The molecule has 2 aliphatic heterocycles. The number of rotatable bonds is 50. The maximum Gasteiger partial charge on any atom is 0.326 e. The second-order valence-corrected chi connectivity index (χ2v) is 31.9. The number of nitrogens with two attached hydrogens (primary N) is 4. The fourth-order valence-corrected chi connectivity index (χ4v) is 13.8. The predicted molar refractivity (Wildman–Crippen MR) is 463 cm³/mol. The number of phenols is 1. The number of nitrogens with zero attached hydrogens (tertiary/aromatic N) is 2. The quantitative estimate of drug-likeness (QED) is 0.0127. The molecule has 126 heavy (non-hydrogen) atoms. The van der Waals surface area contributed by atoms with E-state index < -0.39 is 261 Å². The van der Waals surface area contributed by atoms with Crippen LogP contribution in [0.3, 0.4) is 0 Å². The highest BCUT2D eigenvalue weighted by molar-refractivity contribution is 7.80. The van der Waals surface area contributed by atoms with E-state index in [9.17, 15) is 107 Å². The van der Waals surface area contributed by atoms with E-state index in [1.165, 1.54) is 43.0 Å². The first-order chi connectivity index (χ1) is 59.5. The van der Waals surface area contributed by atoms with Crippen LogP contribution in [0.25, 0.3) is 0 Å². The number of phenolic OH excluding ortho intramolecular Hbond substituents is 1. The highest BCUT2D eigenvalue weighted by atomic mass is 32.1. The Morgan fingerprint density at radius 1 is 0.587 bits per heavy atom. The summed E-state index contributed by atoms with van der Waals surface area (Å²) in [6.07, 6.45) is -1.47. The number of likely N-dealkylation sites (tertiary alicyclic amines) is 1. The monoisotopic (exact) mass is 1810 g/mol. The van der Waals surface area contributed by atoms with Crippen molar-refractivity contribution in [2.24, 2.45) is 45.7 Å². The second-order valence-electron chi connectivity index (χ2n) is 31.1. The summed E-state index contributed by atoms with van der Waals surface area (Å²) in [6, 6.07) is -6.80. The molecule has 0 aromatic heterocycles. The number of carbonyl (C=O) groups excluding carboxylic acids is 15. The van der Waals surface area contributed by atoms with Gasteiger partial charge < -0.3 is 138 Å². The van der Waals surface area contributed by atoms with Gasteiger partial charge in [0.2, 0.25) is 88.6 Å². The van der Waals surface area contributed by atoms with Gasteiger partial charge in [0.25, 0.3) is 0 Å². The molecule has 0 saturated carbocycles. The molecule has 0 spiro atoms. The number of aliphatic hydroxyl groups is 2. The molecule has 2 unspecified atom stereocenters. The number of aromatic hydroxyl groups is 1. The van der Waals surface area contributed by atoms with E-state index in [2.05, 4.69) is 115 Å². The average Bonchev–Trinajstić information content (AvgIpc) is 1.67. The van der Waals surface area contributed by atoms with E-state index in [0.29, 0.717) is 30.4 Å². The number of guanidine groups is 2. The average molecular weight is 1810 g/mol. The Bertz CT molecular complexity index is 4210. The topological polar surface area (TPSA) is 727 Å². The molecule has 2 aromatic rings. The number of hydrogen-bond acceptors (Lipinski definition) is 28. The molecule has 0 radical (unpaired) electrons. The lowest BCUT2D eigenvalue weighted by atomic mass is 9.92. The zero-order valence-electron chi connectivity index (χ0n) is 71.5. The van der Waals surface area contributed by atoms with Crippen LogP contribution in [0.1, 0.15) is 131 Å². The number of nitrogens with one attached hydrogen (secondary N) is 17. The number of hydrogen-bond donors (Lipinski definition) is 28. The molecule has 4 rings (SSSR count). The van der Waals surface area contributed by atoms with Crippen LogP contribution in [0, 0.1) is 23.2 Å². The number of carboxylic acid groups (broad SMARTS) is 2. The molecule has 2 aliphatic rings. The van der Waals surface area contributed by atoms with Crippen LogP contribution in [0.15, 0.2) is 71.0 Å². The van der Waals surface area contributed by atoms with Gasteiger partial charge in [0.1, 0.15) is 78.3 Å². The SMILES string of the molecule is CC[C@H](C)[C@@H]1NC(=O)[C@@H](N2C(=O)[C@@H](N)CC2C)CCCNC(N)=NC(C)=C1N[C@H](C(=O)N[C@@H](CCC(N)=O)C(=O)N[C@@H](CS)C(=O)N[C@@H](CCCNC(=N)N)C(=O)N[C@@H](CO)C(=O)N[C@H](C(=O)N[C@@H](CCC(=O)O)C(=O)NCC(=O)NC(CO)C(=O)N[C@@H](CS)C(=O)NCC(=O)N[C@@H](Cc1ccccc1)C(=O)N[C@@H](Cc1ccc(O)cc1)C(=O)O)C(C)C)C(C)C. The molecule has 45 nitrogen and oxygen atoms in total. The third kappa shape index (κ3) is 35.1. The van der Waals surface area contributed by atoms with Crippen LogP contribution >= 0.6 is 25.3 Å². The van der Waals surface area contributed by atoms with Crippen LogP contribution < -0.4 is 108 Å². The number of aliphatic imine (C=N–C) groups is 1. The molecule has 47 heteroatoms. The number of allylic oxidation sites excluding steroid dienone is 1. The van der Waals surface area contributed by atoms with Crippen LogP contribution in [0.5, 0.6) is 5.75 Å². The van der Waals surface area contributed by atoms with Gasteiger partial charge in [-0.3, -0.25) is 82.1 Å². The van der Waals surface area contributed by atoms with Gasteiger partial charge in [-0.1, -0.05) is 90.4 Å². The first-order valence-electron chi connectivity index (χ1n) is 41.0. The zero-order chi connectivity index (χ0) is 94.4.